The first-order valence-electron chi connectivity index (χ1n) is 2.19. The van der Waals surface area contributed by atoms with Crippen LogP contribution in [-0.4, -0.2) is 25.7 Å². The van der Waals surface area contributed by atoms with Gasteiger partial charge in [-0.25, -0.2) is 0 Å². The Bertz CT molecular complexity index is 142. The molecule has 0 aromatic heterocycles. The Morgan fingerprint density at radius 3 is 1.55 bits per heavy atom. The summed E-state index contributed by atoms with van der Waals surface area (Å²) in [5.74, 6) is 0. The molecule has 0 aliphatic carbocycles. The predicted octanol–water partition coefficient (Wildman–Crippen LogP) is -3.07. The van der Waals surface area contributed by atoms with Gasteiger partial charge in [0.15, 0.2) is 0 Å². The Morgan fingerprint density at radius 1 is 1.45 bits per heavy atom. The second-order valence-electron chi connectivity index (χ2n) is 1.23. The Balaban J connectivity index is -0.0000000483. The smallest absolute Gasteiger partial charge is 1.00 e. The summed E-state index contributed by atoms with van der Waals surface area (Å²) in [5, 5.41) is 0. The molecule has 0 rings (SSSR count). The minimum atomic E-state index is -3.65. The summed E-state index contributed by atoms with van der Waals surface area (Å²) < 4.78 is 18.4. The molecule has 0 heterocycles. The summed E-state index contributed by atoms with van der Waals surface area (Å²) in [6, 6.07) is 0. The summed E-state index contributed by atoms with van der Waals surface area (Å²) in [5.41, 5.74) is 0. The van der Waals surface area contributed by atoms with E-state index >= 15 is 0 Å². The first-order valence-corrected chi connectivity index (χ1v) is 5.15. The van der Waals surface area contributed by atoms with Crippen LogP contribution in [0.25, 0.3) is 0 Å². The molecule has 0 amide bonds. The van der Waals surface area contributed by atoms with Gasteiger partial charge in [-0.3, -0.25) is 4.57 Å². The minimum absolute atomic E-state index is 0. The van der Waals surface area contributed by atoms with E-state index in [0.717, 1.165) is 0 Å². The Hall–Kier alpha value is 1.17. The fourth-order valence-electron chi connectivity index (χ4n) is 0. The molecule has 0 saturated heterocycles. The molecule has 0 fully saturated rings. The molecule has 9 heteroatoms. The monoisotopic (exact) mass is 215 g/mol. The van der Waals surface area contributed by atoms with Gasteiger partial charge in [0, 0.05) is 10.7 Å². The van der Waals surface area contributed by atoms with Crippen molar-refractivity contribution in [1.29, 1.82) is 0 Å². The van der Waals surface area contributed by atoms with E-state index in [4.69, 9.17) is 24.1 Å². The standard InChI is InChI=1S/C2H7O3P.Na.HO3P.H/c1-2-6(3,4)5;;1-4(2)3;/h2H2,1H3,(H2,3,4,5);;(H-,1,2,3);/q;+1;;-1/p+1. The van der Waals surface area contributed by atoms with Crippen LogP contribution >= 0.6 is 15.9 Å². The first kappa shape index (κ1) is 18.1. The van der Waals surface area contributed by atoms with Gasteiger partial charge in [0.05, 0.1) is 0 Å². The average Bonchev–Trinajstić information content (AvgIpc) is 1.63. The first-order chi connectivity index (χ1) is 4.29. The molecule has 64 valence electrons. The minimum Gasteiger partial charge on any atom is -1.00 e. The molecular weight excluding hydrogens is 205 g/mol. The van der Waals surface area contributed by atoms with Gasteiger partial charge in [0.1, 0.15) is 0 Å². The van der Waals surface area contributed by atoms with Gasteiger partial charge in [-0.1, -0.05) is 6.92 Å². The Kier molecular flexibility index (Phi) is 15.2. The molecule has 0 radical (unpaired) electrons. The number of rotatable bonds is 1. The van der Waals surface area contributed by atoms with E-state index < -0.39 is 15.9 Å². The van der Waals surface area contributed by atoms with Crippen molar-refractivity contribution in [3.05, 3.63) is 0 Å². The van der Waals surface area contributed by atoms with Crippen LogP contribution in [0.4, 0.5) is 0 Å². The van der Waals surface area contributed by atoms with Gasteiger partial charge in [-0.2, -0.15) is 0 Å². The van der Waals surface area contributed by atoms with Crippen LogP contribution in [-0.2, 0) is 9.13 Å². The van der Waals surface area contributed by atoms with Crippen LogP contribution in [0.2, 0.25) is 0 Å². The van der Waals surface area contributed by atoms with Gasteiger partial charge >= 0.3 is 45.4 Å². The van der Waals surface area contributed by atoms with Crippen molar-refractivity contribution in [3.8, 4) is 0 Å². The van der Waals surface area contributed by atoms with Crippen LogP contribution in [0.5, 0.6) is 0 Å². The molecule has 6 nitrogen and oxygen atoms in total. The number of hydrogen-bond donors (Lipinski definition) is 4. The molecule has 0 atom stereocenters. The fraction of sp³-hybridized carbons (Fsp3) is 1.00. The van der Waals surface area contributed by atoms with Crippen LogP contribution in [0.1, 0.15) is 8.35 Å². The SMILES string of the molecule is CCP(=O)(O)O.O=[P+](O)O.[H-].[Na+]. The molecule has 0 saturated carbocycles. The maximum Gasteiger partial charge on any atom is 1.00 e. The Labute approximate surface area is 88.5 Å². The Morgan fingerprint density at radius 2 is 1.55 bits per heavy atom. The second kappa shape index (κ2) is 9.26. The molecule has 0 aliphatic heterocycles. The van der Waals surface area contributed by atoms with Crippen LogP contribution in [0.3, 0.4) is 0 Å². The summed E-state index contributed by atoms with van der Waals surface area (Å²) in [7, 11) is -6.52. The van der Waals surface area contributed by atoms with Gasteiger partial charge in [-0.15, -0.1) is 9.79 Å². The van der Waals surface area contributed by atoms with E-state index in [1.165, 1.54) is 6.92 Å². The zero-order chi connectivity index (χ0) is 8.78. The molecule has 0 unspecified atom stereocenters. The normalized spacial score (nSPS) is 8.82. The largest absolute Gasteiger partial charge is 1.00 e. The average molecular weight is 215 g/mol. The second-order valence-corrected chi connectivity index (χ2v) is 3.70. The van der Waals surface area contributed by atoms with Crippen molar-refractivity contribution in [2.45, 2.75) is 6.92 Å². The van der Waals surface area contributed by atoms with Crippen LogP contribution in [0.15, 0.2) is 0 Å². The maximum absolute atomic E-state index is 9.69. The van der Waals surface area contributed by atoms with Crippen molar-refractivity contribution in [2.24, 2.45) is 0 Å². The summed E-state index contributed by atoms with van der Waals surface area (Å²) >= 11 is 0. The van der Waals surface area contributed by atoms with Crippen molar-refractivity contribution in [2.75, 3.05) is 6.16 Å². The van der Waals surface area contributed by atoms with E-state index in [0.29, 0.717) is 0 Å². The maximum atomic E-state index is 9.69. The van der Waals surface area contributed by atoms with Gasteiger partial charge in [-0.05, 0) is 0 Å². The molecule has 11 heavy (non-hydrogen) atoms. The molecule has 0 bridgehead atoms. The van der Waals surface area contributed by atoms with Gasteiger partial charge in [0.2, 0.25) is 0 Å². The fourth-order valence-corrected chi connectivity index (χ4v) is 0. The molecule has 0 spiro atoms. The van der Waals surface area contributed by atoms with Gasteiger partial charge in [0.25, 0.3) is 0 Å². The van der Waals surface area contributed by atoms with E-state index in [-0.39, 0.29) is 37.1 Å². The third kappa shape index (κ3) is 54.0. The zero-order valence-electron chi connectivity index (χ0n) is 7.21. The summed E-state index contributed by atoms with van der Waals surface area (Å²) in [6.07, 6.45) is -0.0625. The summed E-state index contributed by atoms with van der Waals surface area (Å²) in [4.78, 5) is 30.1. The van der Waals surface area contributed by atoms with Crippen LogP contribution in [0, 0.1) is 0 Å². The third-order valence-electron chi connectivity index (χ3n) is 0.412. The van der Waals surface area contributed by atoms with E-state index in [2.05, 4.69) is 0 Å². The van der Waals surface area contributed by atoms with E-state index in [9.17, 15) is 4.57 Å². The third-order valence-corrected chi connectivity index (χ3v) is 1.24. The van der Waals surface area contributed by atoms with Crippen LogP contribution < -0.4 is 29.6 Å². The number of hydrogen-bond acceptors (Lipinski definition) is 2. The van der Waals surface area contributed by atoms with E-state index in [1.54, 1.807) is 0 Å². The molecule has 4 N–H and O–H groups in total. The molecule has 0 aromatic rings. The quantitative estimate of drug-likeness (QED) is 0.272. The van der Waals surface area contributed by atoms with E-state index in [1.807, 2.05) is 0 Å². The topological polar surface area (TPSA) is 115 Å². The molecule has 0 aliphatic rings. The molecule has 0 aromatic carbocycles. The van der Waals surface area contributed by atoms with Crippen molar-refractivity contribution in [3.63, 3.8) is 0 Å². The van der Waals surface area contributed by atoms with Gasteiger partial charge < -0.3 is 11.2 Å². The van der Waals surface area contributed by atoms with Crippen molar-refractivity contribution >= 4 is 15.9 Å². The summed E-state index contributed by atoms with van der Waals surface area (Å²) in [6.45, 7) is 1.45. The predicted molar refractivity (Wildman–Crippen MR) is 35.7 cm³/mol. The van der Waals surface area contributed by atoms with Crippen molar-refractivity contribution in [1.82, 2.24) is 0 Å². The zero-order valence-corrected chi connectivity index (χ0v) is 10.00. The molecular formula is C2H10NaO6P2+. The van der Waals surface area contributed by atoms with Crippen molar-refractivity contribution < 1.29 is 59.7 Å².